The lowest BCUT2D eigenvalue weighted by atomic mass is 10.1. The average Bonchev–Trinajstić information content (AvgIpc) is 2.39. The van der Waals surface area contributed by atoms with E-state index in [2.05, 4.69) is 17.2 Å². The first-order valence-corrected chi connectivity index (χ1v) is 6.10. The number of aryl methyl sites for hydroxylation is 1. The number of rotatable bonds is 4. The fraction of sp³-hybridized carbons (Fsp3) is 0.125. The fourth-order valence-electron chi connectivity index (χ4n) is 1.91. The van der Waals surface area contributed by atoms with Crippen molar-refractivity contribution < 1.29 is 4.39 Å². The van der Waals surface area contributed by atoms with Gasteiger partial charge in [0.2, 0.25) is 0 Å². The third kappa shape index (κ3) is 3.13. The summed E-state index contributed by atoms with van der Waals surface area (Å²) in [5.74, 6) is -0.265. The molecule has 98 valence electrons. The zero-order valence-corrected chi connectivity index (χ0v) is 11.1. The van der Waals surface area contributed by atoms with Gasteiger partial charge in [0, 0.05) is 29.7 Å². The van der Waals surface area contributed by atoms with Crippen LogP contribution in [0.25, 0.3) is 5.70 Å². The van der Waals surface area contributed by atoms with Crippen molar-refractivity contribution in [1.82, 2.24) is 0 Å². The van der Waals surface area contributed by atoms with E-state index in [1.165, 1.54) is 12.1 Å². The standard InChI is InChI=1S/C16H17FN2/c1-11-7-8-14(18-3)10-16(11)12(2)19-15-6-4-5-13(17)9-15/h4-10,18-19H,2H2,1,3H3. The lowest BCUT2D eigenvalue weighted by Gasteiger charge is -2.14. The van der Waals surface area contributed by atoms with Gasteiger partial charge in [0.15, 0.2) is 0 Å². The van der Waals surface area contributed by atoms with Crippen LogP contribution in [0.5, 0.6) is 0 Å². The van der Waals surface area contributed by atoms with Gasteiger partial charge in [0.05, 0.1) is 0 Å². The zero-order chi connectivity index (χ0) is 13.8. The molecule has 0 aliphatic carbocycles. The molecule has 0 aliphatic rings. The Balaban J connectivity index is 2.25. The van der Waals surface area contributed by atoms with Crippen molar-refractivity contribution >= 4 is 17.1 Å². The van der Waals surface area contributed by atoms with Crippen LogP contribution < -0.4 is 10.6 Å². The molecule has 0 aromatic heterocycles. The normalized spacial score (nSPS) is 10.1. The Morgan fingerprint density at radius 1 is 1.11 bits per heavy atom. The van der Waals surface area contributed by atoms with Crippen LogP contribution in [0.4, 0.5) is 15.8 Å². The molecule has 2 aromatic rings. The summed E-state index contributed by atoms with van der Waals surface area (Å²) in [6.07, 6.45) is 0. The van der Waals surface area contributed by atoms with Gasteiger partial charge in [0.1, 0.15) is 5.82 Å². The molecule has 2 aromatic carbocycles. The molecule has 2 nitrogen and oxygen atoms in total. The van der Waals surface area contributed by atoms with Crippen LogP contribution in [0.3, 0.4) is 0 Å². The van der Waals surface area contributed by atoms with E-state index < -0.39 is 0 Å². The van der Waals surface area contributed by atoms with Crippen molar-refractivity contribution in [2.45, 2.75) is 6.92 Å². The van der Waals surface area contributed by atoms with E-state index in [9.17, 15) is 4.39 Å². The maximum absolute atomic E-state index is 13.1. The third-order valence-corrected chi connectivity index (χ3v) is 2.97. The first-order valence-electron chi connectivity index (χ1n) is 6.10. The topological polar surface area (TPSA) is 24.1 Å². The second kappa shape index (κ2) is 5.57. The third-order valence-electron chi connectivity index (χ3n) is 2.97. The minimum atomic E-state index is -0.265. The summed E-state index contributed by atoms with van der Waals surface area (Å²) in [4.78, 5) is 0. The lowest BCUT2D eigenvalue weighted by Crippen LogP contribution is -2.01. The molecule has 2 rings (SSSR count). The molecule has 0 spiro atoms. The SMILES string of the molecule is C=C(Nc1cccc(F)c1)c1cc(NC)ccc1C. The van der Waals surface area contributed by atoms with Crippen molar-refractivity contribution in [1.29, 1.82) is 0 Å². The number of hydrogen-bond donors (Lipinski definition) is 2. The maximum Gasteiger partial charge on any atom is 0.125 e. The van der Waals surface area contributed by atoms with Gasteiger partial charge in [-0.3, -0.25) is 0 Å². The smallest absolute Gasteiger partial charge is 0.125 e. The molecular weight excluding hydrogens is 239 g/mol. The molecule has 0 radical (unpaired) electrons. The van der Waals surface area contributed by atoms with Crippen LogP contribution in [0.2, 0.25) is 0 Å². The Bertz CT molecular complexity index is 605. The van der Waals surface area contributed by atoms with Gasteiger partial charge in [0.25, 0.3) is 0 Å². The Labute approximate surface area is 113 Å². The second-order valence-electron chi connectivity index (χ2n) is 4.39. The molecular formula is C16H17FN2. The molecule has 2 N–H and O–H groups in total. The van der Waals surface area contributed by atoms with E-state index in [-0.39, 0.29) is 5.82 Å². The van der Waals surface area contributed by atoms with Crippen LogP contribution >= 0.6 is 0 Å². The van der Waals surface area contributed by atoms with Crippen molar-refractivity contribution in [2.75, 3.05) is 17.7 Å². The van der Waals surface area contributed by atoms with Crippen LogP contribution in [0, 0.1) is 12.7 Å². The second-order valence-corrected chi connectivity index (χ2v) is 4.39. The largest absolute Gasteiger partial charge is 0.388 e. The van der Waals surface area contributed by atoms with Crippen LogP contribution in [-0.2, 0) is 0 Å². The summed E-state index contributed by atoms with van der Waals surface area (Å²) in [5.41, 5.74) is 4.59. The Hall–Kier alpha value is -2.29. The van der Waals surface area contributed by atoms with Crippen molar-refractivity contribution in [3.63, 3.8) is 0 Å². The van der Waals surface area contributed by atoms with E-state index in [0.29, 0.717) is 5.69 Å². The Kier molecular flexibility index (Phi) is 3.85. The molecule has 0 amide bonds. The van der Waals surface area contributed by atoms with Crippen molar-refractivity contribution in [3.8, 4) is 0 Å². The van der Waals surface area contributed by atoms with Crippen LogP contribution in [0.15, 0.2) is 49.0 Å². The molecule has 0 aliphatic heterocycles. The summed E-state index contributed by atoms with van der Waals surface area (Å²) < 4.78 is 13.1. The molecule has 0 saturated heterocycles. The Morgan fingerprint density at radius 2 is 1.89 bits per heavy atom. The summed E-state index contributed by atoms with van der Waals surface area (Å²) in [7, 11) is 1.87. The number of halogens is 1. The monoisotopic (exact) mass is 256 g/mol. The average molecular weight is 256 g/mol. The highest BCUT2D eigenvalue weighted by atomic mass is 19.1. The van der Waals surface area contributed by atoms with Gasteiger partial charge in [-0.05, 0) is 42.8 Å². The summed E-state index contributed by atoms with van der Waals surface area (Å²) in [5, 5.41) is 6.22. The summed E-state index contributed by atoms with van der Waals surface area (Å²) >= 11 is 0. The molecule has 0 bridgehead atoms. The maximum atomic E-state index is 13.1. The highest BCUT2D eigenvalue weighted by molar-refractivity contribution is 5.78. The van der Waals surface area contributed by atoms with E-state index in [0.717, 1.165) is 22.5 Å². The molecule has 0 unspecified atom stereocenters. The highest BCUT2D eigenvalue weighted by Crippen LogP contribution is 2.23. The minimum Gasteiger partial charge on any atom is -0.388 e. The van der Waals surface area contributed by atoms with Crippen LogP contribution in [0.1, 0.15) is 11.1 Å². The minimum absolute atomic E-state index is 0.265. The number of benzene rings is 2. The summed E-state index contributed by atoms with van der Waals surface area (Å²) in [6, 6.07) is 12.4. The molecule has 0 atom stereocenters. The number of hydrogen-bond acceptors (Lipinski definition) is 2. The fourth-order valence-corrected chi connectivity index (χ4v) is 1.91. The highest BCUT2D eigenvalue weighted by Gasteiger charge is 2.05. The zero-order valence-electron chi connectivity index (χ0n) is 11.1. The molecule has 0 saturated carbocycles. The predicted molar refractivity (Wildman–Crippen MR) is 79.8 cm³/mol. The van der Waals surface area contributed by atoms with Crippen molar-refractivity contribution in [3.05, 3.63) is 66.0 Å². The van der Waals surface area contributed by atoms with Crippen molar-refractivity contribution in [2.24, 2.45) is 0 Å². The molecule has 0 fully saturated rings. The van der Waals surface area contributed by atoms with Crippen LogP contribution in [-0.4, -0.2) is 7.05 Å². The number of anilines is 2. The predicted octanol–water partition coefficient (Wildman–Crippen LogP) is 4.26. The van der Waals surface area contributed by atoms with E-state index in [1.54, 1.807) is 6.07 Å². The van der Waals surface area contributed by atoms with E-state index in [4.69, 9.17) is 0 Å². The van der Waals surface area contributed by atoms with E-state index in [1.807, 2.05) is 38.2 Å². The van der Waals surface area contributed by atoms with Gasteiger partial charge in [-0.25, -0.2) is 4.39 Å². The van der Waals surface area contributed by atoms with E-state index >= 15 is 0 Å². The lowest BCUT2D eigenvalue weighted by molar-refractivity contribution is 0.628. The summed E-state index contributed by atoms with van der Waals surface area (Å²) in [6.45, 7) is 6.05. The van der Waals surface area contributed by atoms with Gasteiger partial charge in [-0.2, -0.15) is 0 Å². The Morgan fingerprint density at radius 3 is 2.58 bits per heavy atom. The first kappa shape index (κ1) is 13.1. The van der Waals surface area contributed by atoms with Gasteiger partial charge in [-0.1, -0.05) is 18.7 Å². The van der Waals surface area contributed by atoms with Gasteiger partial charge in [-0.15, -0.1) is 0 Å². The molecule has 0 heterocycles. The number of nitrogens with one attached hydrogen (secondary N) is 2. The molecule has 19 heavy (non-hydrogen) atoms. The van der Waals surface area contributed by atoms with Gasteiger partial charge >= 0.3 is 0 Å². The quantitative estimate of drug-likeness (QED) is 0.854. The first-order chi connectivity index (χ1) is 9.10. The molecule has 3 heteroatoms. The van der Waals surface area contributed by atoms with Gasteiger partial charge < -0.3 is 10.6 Å².